The van der Waals surface area contributed by atoms with Crippen molar-refractivity contribution in [1.82, 2.24) is 0 Å². The smallest absolute Gasteiger partial charge is 0.0833 e. The zero-order chi connectivity index (χ0) is 11.8. The summed E-state index contributed by atoms with van der Waals surface area (Å²) in [5, 5.41) is 0. The van der Waals surface area contributed by atoms with Gasteiger partial charge in [-0.25, -0.2) is 0 Å². The fourth-order valence-corrected chi connectivity index (χ4v) is 2.03. The van der Waals surface area contributed by atoms with E-state index in [-0.39, 0.29) is 6.10 Å². The first kappa shape index (κ1) is 14.9. The topological polar surface area (TPSA) is 27.7 Å². The predicted octanol–water partition coefficient (Wildman–Crippen LogP) is 2.35. The van der Waals surface area contributed by atoms with Crippen molar-refractivity contribution in [3.63, 3.8) is 0 Å². The van der Waals surface area contributed by atoms with Crippen molar-refractivity contribution in [2.75, 3.05) is 27.9 Å². The highest BCUT2D eigenvalue weighted by atomic mass is 16.5. The lowest BCUT2D eigenvalue weighted by Crippen LogP contribution is -2.36. The van der Waals surface area contributed by atoms with Gasteiger partial charge in [0.15, 0.2) is 0 Å². The van der Waals surface area contributed by atoms with Crippen molar-refractivity contribution < 1.29 is 14.2 Å². The first-order valence-corrected chi connectivity index (χ1v) is 5.66. The standard InChI is InChI=1S/C12H26O3/c1-7-11(14-5)9(2)10(3)12(15-6)8-13-4/h9-12H,7-8H2,1-6H3. The SMILES string of the molecule is CCC(OC)C(C)C(C)C(COC)OC. The largest absolute Gasteiger partial charge is 0.382 e. The molecular formula is C12H26O3. The summed E-state index contributed by atoms with van der Waals surface area (Å²) in [6, 6.07) is 0. The Morgan fingerprint density at radius 1 is 0.867 bits per heavy atom. The van der Waals surface area contributed by atoms with Crippen LogP contribution < -0.4 is 0 Å². The van der Waals surface area contributed by atoms with Gasteiger partial charge in [0.2, 0.25) is 0 Å². The molecule has 0 aliphatic carbocycles. The average molecular weight is 218 g/mol. The first-order chi connectivity index (χ1) is 7.12. The van der Waals surface area contributed by atoms with Crippen molar-refractivity contribution in [3.05, 3.63) is 0 Å². The maximum absolute atomic E-state index is 5.46. The van der Waals surface area contributed by atoms with Crippen LogP contribution in [0.4, 0.5) is 0 Å². The maximum atomic E-state index is 5.46. The third-order valence-electron chi connectivity index (χ3n) is 3.34. The monoisotopic (exact) mass is 218 g/mol. The van der Waals surface area contributed by atoms with E-state index >= 15 is 0 Å². The summed E-state index contributed by atoms with van der Waals surface area (Å²) in [5.41, 5.74) is 0. The van der Waals surface area contributed by atoms with Crippen LogP contribution in [0, 0.1) is 11.8 Å². The van der Waals surface area contributed by atoms with E-state index < -0.39 is 0 Å². The van der Waals surface area contributed by atoms with E-state index in [4.69, 9.17) is 14.2 Å². The van der Waals surface area contributed by atoms with E-state index in [9.17, 15) is 0 Å². The molecule has 3 nitrogen and oxygen atoms in total. The minimum Gasteiger partial charge on any atom is -0.382 e. The number of rotatable bonds is 8. The third kappa shape index (κ3) is 4.49. The number of hydrogen-bond donors (Lipinski definition) is 0. The predicted molar refractivity (Wildman–Crippen MR) is 62.1 cm³/mol. The van der Waals surface area contributed by atoms with Gasteiger partial charge in [-0.2, -0.15) is 0 Å². The van der Waals surface area contributed by atoms with Gasteiger partial charge in [-0.15, -0.1) is 0 Å². The highest BCUT2D eigenvalue weighted by Gasteiger charge is 2.27. The molecule has 0 amide bonds. The second kappa shape index (κ2) is 8.08. The van der Waals surface area contributed by atoms with Crippen LogP contribution in [0.3, 0.4) is 0 Å². The van der Waals surface area contributed by atoms with Crippen LogP contribution in [0.1, 0.15) is 27.2 Å². The Balaban J connectivity index is 4.30. The van der Waals surface area contributed by atoms with Crippen molar-refractivity contribution in [2.24, 2.45) is 11.8 Å². The summed E-state index contributed by atoms with van der Waals surface area (Å²) in [5.74, 6) is 0.903. The number of ether oxygens (including phenoxy) is 3. The van der Waals surface area contributed by atoms with Crippen LogP contribution in [-0.2, 0) is 14.2 Å². The highest BCUT2D eigenvalue weighted by molar-refractivity contribution is 4.76. The fourth-order valence-electron chi connectivity index (χ4n) is 2.03. The minimum atomic E-state index is 0.147. The van der Waals surface area contributed by atoms with Gasteiger partial charge in [-0.3, -0.25) is 0 Å². The lowest BCUT2D eigenvalue weighted by molar-refractivity contribution is -0.0483. The van der Waals surface area contributed by atoms with Crippen LogP contribution >= 0.6 is 0 Å². The van der Waals surface area contributed by atoms with Crippen LogP contribution in [0.5, 0.6) is 0 Å². The Morgan fingerprint density at radius 3 is 1.67 bits per heavy atom. The molecule has 15 heavy (non-hydrogen) atoms. The van der Waals surface area contributed by atoms with Gasteiger partial charge in [0, 0.05) is 21.3 Å². The summed E-state index contributed by atoms with van der Waals surface area (Å²) >= 11 is 0. The fraction of sp³-hybridized carbons (Fsp3) is 1.00. The Bertz CT molecular complexity index is 146. The molecule has 4 atom stereocenters. The molecule has 0 bridgehead atoms. The van der Waals surface area contributed by atoms with Gasteiger partial charge < -0.3 is 14.2 Å². The van der Waals surface area contributed by atoms with Crippen molar-refractivity contribution >= 4 is 0 Å². The second-order valence-electron chi connectivity index (χ2n) is 4.13. The molecule has 0 saturated carbocycles. The van der Waals surface area contributed by atoms with Crippen LogP contribution in [0.15, 0.2) is 0 Å². The zero-order valence-corrected chi connectivity index (χ0v) is 10.9. The lowest BCUT2D eigenvalue weighted by atomic mass is 9.85. The summed E-state index contributed by atoms with van der Waals surface area (Å²) in [6.45, 7) is 7.20. The summed E-state index contributed by atoms with van der Waals surface area (Å²) < 4.78 is 16.0. The highest BCUT2D eigenvalue weighted by Crippen LogP contribution is 2.24. The van der Waals surface area contributed by atoms with E-state index in [1.54, 1.807) is 21.3 Å². The molecule has 3 heteroatoms. The molecule has 0 heterocycles. The Labute approximate surface area is 94.1 Å². The Hall–Kier alpha value is -0.120. The van der Waals surface area contributed by atoms with Gasteiger partial charge in [-0.1, -0.05) is 20.8 Å². The van der Waals surface area contributed by atoms with Gasteiger partial charge >= 0.3 is 0 Å². The Kier molecular flexibility index (Phi) is 8.02. The summed E-state index contributed by atoms with van der Waals surface area (Å²) in [6.07, 6.45) is 1.48. The minimum absolute atomic E-state index is 0.147. The maximum Gasteiger partial charge on any atom is 0.0833 e. The normalized spacial score (nSPS) is 19.6. The van der Waals surface area contributed by atoms with Crippen LogP contribution in [0.25, 0.3) is 0 Å². The zero-order valence-electron chi connectivity index (χ0n) is 10.9. The van der Waals surface area contributed by atoms with Gasteiger partial charge in [-0.05, 0) is 18.3 Å². The molecule has 0 aliphatic rings. The number of hydrogen-bond acceptors (Lipinski definition) is 3. The lowest BCUT2D eigenvalue weighted by Gasteiger charge is -2.31. The van der Waals surface area contributed by atoms with Gasteiger partial charge in [0.1, 0.15) is 0 Å². The molecule has 0 aromatic rings. The van der Waals surface area contributed by atoms with Crippen LogP contribution in [-0.4, -0.2) is 40.1 Å². The van der Waals surface area contributed by atoms with E-state index in [1.165, 1.54) is 0 Å². The molecule has 0 saturated heterocycles. The molecule has 0 N–H and O–H groups in total. The Morgan fingerprint density at radius 2 is 1.33 bits per heavy atom. The molecule has 92 valence electrons. The van der Waals surface area contributed by atoms with Crippen molar-refractivity contribution in [1.29, 1.82) is 0 Å². The van der Waals surface area contributed by atoms with Crippen LogP contribution in [0.2, 0.25) is 0 Å². The molecule has 0 spiro atoms. The van der Waals surface area contributed by atoms with Crippen molar-refractivity contribution in [2.45, 2.75) is 39.4 Å². The van der Waals surface area contributed by atoms with Gasteiger partial charge in [0.25, 0.3) is 0 Å². The van der Waals surface area contributed by atoms with Gasteiger partial charge in [0.05, 0.1) is 18.8 Å². The molecule has 0 aromatic heterocycles. The van der Waals surface area contributed by atoms with E-state index in [0.29, 0.717) is 24.5 Å². The van der Waals surface area contributed by atoms with E-state index in [1.807, 2.05) is 0 Å². The molecule has 0 aliphatic heterocycles. The summed E-state index contributed by atoms with van der Waals surface area (Å²) in [7, 11) is 5.22. The van der Waals surface area contributed by atoms with Crippen molar-refractivity contribution in [3.8, 4) is 0 Å². The third-order valence-corrected chi connectivity index (χ3v) is 3.34. The van der Waals surface area contributed by atoms with E-state index in [0.717, 1.165) is 6.42 Å². The molecule has 0 radical (unpaired) electrons. The molecule has 0 aromatic carbocycles. The molecular weight excluding hydrogens is 192 g/mol. The quantitative estimate of drug-likeness (QED) is 0.626. The molecule has 0 rings (SSSR count). The summed E-state index contributed by atoms with van der Waals surface area (Å²) in [4.78, 5) is 0. The number of methoxy groups -OCH3 is 3. The first-order valence-electron chi connectivity index (χ1n) is 5.66. The van der Waals surface area contributed by atoms with E-state index in [2.05, 4.69) is 20.8 Å². The second-order valence-corrected chi connectivity index (χ2v) is 4.13. The molecule has 0 fully saturated rings. The molecule has 4 unspecified atom stereocenters. The average Bonchev–Trinajstić information content (AvgIpc) is 2.26.